The zero-order valence-corrected chi connectivity index (χ0v) is 17.0. The average Bonchev–Trinajstić information content (AvgIpc) is 2.67. The number of carboxylic acid groups (broad SMARTS) is 2. The first-order valence-corrected chi connectivity index (χ1v) is 9.30. The fourth-order valence-electron chi connectivity index (χ4n) is 2.41. The third-order valence-electron chi connectivity index (χ3n) is 4.16. The summed E-state index contributed by atoms with van der Waals surface area (Å²) in [6, 6.07) is 0.662. The second-order valence-electron chi connectivity index (χ2n) is 6.95. The Hall–Kier alpha value is -3.67. The number of phenolic OH excluding ortho intramolecular Hbond substituents is 1. The van der Waals surface area contributed by atoms with Gasteiger partial charge in [-0.1, -0.05) is 12.1 Å². The Morgan fingerprint density at radius 1 is 0.871 bits per heavy atom. The molecule has 0 saturated carbocycles. The summed E-state index contributed by atoms with van der Waals surface area (Å²) in [5.41, 5.74) is 5.95. The lowest BCUT2D eigenvalue weighted by atomic mass is 10.0. The Bertz CT molecular complexity index is 825. The second-order valence-corrected chi connectivity index (χ2v) is 6.95. The largest absolute Gasteiger partial charge is 0.508 e. The highest BCUT2D eigenvalue weighted by atomic mass is 16.4. The number of amides is 3. The Morgan fingerprint density at radius 2 is 1.39 bits per heavy atom. The van der Waals surface area contributed by atoms with Crippen molar-refractivity contribution in [3.05, 3.63) is 29.8 Å². The maximum absolute atomic E-state index is 12.6. The van der Waals surface area contributed by atoms with Crippen LogP contribution in [0.4, 0.5) is 0 Å². The molecule has 1 aromatic rings. The Labute approximate surface area is 177 Å². The highest BCUT2D eigenvalue weighted by Gasteiger charge is 2.30. The number of hydrogen-bond donors (Lipinski definition) is 7. The molecule has 0 aliphatic heterocycles. The third-order valence-corrected chi connectivity index (χ3v) is 4.16. The SMILES string of the molecule is CC(N)C(=O)NC(CC(=O)O)C(=O)NC(Cc1ccc(O)cc1)C(=O)NC(C)C(=O)O. The van der Waals surface area contributed by atoms with Crippen molar-refractivity contribution in [3.8, 4) is 5.75 Å². The van der Waals surface area contributed by atoms with E-state index in [0.29, 0.717) is 5.56 Å². The van der Waals surface area contributed by atoms with Gasteiger partial charge in [0.25, 0.3) is 0 Å². The molecule has 4 atom stereocenters. The predicted octanol–water partition coefficient (Wildman–Crippen LogP) is -1.68. The van der Waals surface area contributed by atoms with Crippen LogP contribution in [0.5, 0.6) is 5.75 Å². The monoisotopic (exact) mass is 438 g/mol. The van der Waals surface area contributed by atoms with E-state index in [1.54, 1.807) is 0 Å². The van der Waals surface area contributed by atoms with Gasteiger partial charge in [0, 0.05) is 6.42 Å². The van der Waals surface area contributed by atoms with Gasteiger partial charge in [0.1, 0.15) is 23.9 Å². The van der Waals surface area contributed by atoms with Crippen LogP contribution < -0.4 is 21.7 Å². The van der Waals surface area contributed by atoms with Crippen LogP contribution in [-0.4, -0.2) is 69.1 Å². The zero-order chi connectivity index (χ0) is 23.7. The molecule has 8 N–H and O–H groups in total. The van der Waals surface area contributed by atoms with Crippen molar-refractivity contribution < 1.29 is 39.3 Å². The van der Waals surface area contributed by atoms with Crippen LogP contribution in [-0.2, 0) is 30.4 Å². The molecule has 1 rings (SSSR count). The summed E-state index contributed by atoms with van der Waals surface area (Å²) in [4.78, 5) is 59.2. The van der Waals surface area contributed by atoms with Crippen LogP contribution in [0.1, 0.15) is 25.8 Å². The molecule has 0 aromatic heterocycles. The van der Waals surface area contributed by atoms with Crippen LogP contribution in [0, 0.1) is 0 Å². The predicted molar refractivity (Wildman–Crippen MR) is 107 cm³/mol. The fourth-order valence-corrected chi connectivity index (χ4v) is 2.41. The van der Waals surface area contributed by atoms with Gasteiger partial charge in [0.15, 0.2) is 0 Å². The van der Waals surface area contributed by atoms with Crippen molar-refractivity contribution in [1.82, 2.24) is 16.0 Å². The first-order chi connectivity index (χ1) is 14.4. The number of hydrogen-bond acceptors (Lipinski definition) is 7. The number of phenols is 1. The molecule has 1 aromatic carbocycles. The Morgan fingerprint density at radius 3 is 1.87 bits per heavy atom. The van der Waals surface area contributed by atoms with Crippen molar-refractivity contribution in [3.63, 3.8) is 0 Å². The molecule has 0 aliphatic carbocycles. The van der Waals surface area contributed by atoms with Gasteiger partial charge in [-0.3, -0.25) is 24.0 Å². The van der Waals surface area contributed by atoms with Crippen molar-refractivity contribution in [2.75, 3.05) is 0 Å². The van der Waals surface area contributed by atoms with E-state index in [0.717, 1.165) is 0 Å². The van der Waals surface area contributed by atoms with Gasteiger partial charge in [0.05, 0.1) is 12.5 Å². The second kappa shape index (κ2) is 11.5. The van der Waals surface area contributed by atoms with Gasteiger partial charge in [-0.2, -0.15) is 0 Å². The quantitative estimate of drug-likeness (QED) is 0.210. The minimum atomic E-state index is -1.51. The normalized spacial score (nSPS) is 14.4. The number of carbonyl (C=O) groups is 5. The molecule has 0 bridgehead atoms. The fraction of sp³-hybridized carbons (Fsp3) is 0.421. The van der Waals surface area contributed by atoms with Gasteiger partial charge >= 0.3 is 11.9 Å². The van der Waals surface area contributed by atoms with Crippen molar-refractivity contribution >= 4 is 29.7 Å². The summed E-state index contributed by atoms with van der Waals surface area (Å²) in [5, 5.41) is 34.2. The van der Waals surface area contributed by atoms with E-state index in [9.17, 15) is 29.1 Å². The molecule has 170 valence electrons. The summed E-state index contributed by atoms with van der Waals surface area (Å²) >= 11 is 0. The number of rotatable bonds is 11. The summed E-state index contributed by atoms with van der Waals surface area (Å²) < 4.78 is 0. The van der Waals surface area contributed by atoms with Gasteiger partial charge < -0.3 is 37.0 Å². The van der Waals surface area contributed by atoms with Crippen LogP contribution in [0.3, 0.4) is 0 Å². The van der Waals surface area contributed by atoms with Gasteiger partial charge in [-0.25, -0.2) is 0 Å². The Balaban J connectivity index is 3.07. The number of carboxylic acids is 2. The van der Waals surface area contributed by atoms with Crippen LogP contribution in [0.2, 0.25) is 0 Å². The number of nitrogens with one attached hydrogen (secondary N) is 3. The molecule has 3 amide bonds. The van der Waals surface area contributed by atoms with Crippen LogP contribution >= 0.6 is 0 Å². The van der Waals surface area contributed by atoms with E-state index >= 15 is 0 Å². The molecular weight excluding hydrogens is 412 g/mol. The number of nitrogens with two attached hydrogens (primary N) is 1. The Kier molecular flexibility index (Phi) is 9.41. The molecule has 4 unspecified atom stereocenters. The van der Waals surface area contributed by atoms with Crippen molar-refractivity contribution in [1.29, 1.82) is 0 Å². The van der Waals surface area contributed by atoms with E-state index in [-0.39, 0.29) is 12.2 Å². The highest BCUT2D eigenvalue weighted by Crippen LogP contribution is 2.12. The highest BCUT2D eigenvalue weighted by molar-refractivity contribution is 5.95. The number of aliphatic carboxylic acids is 2. The lowest BCUT2D eigenvalue weighted by Crippen LogP contribution is -2.57. The van der Waals surface area contributed by atoms with E-state index in [1.165, 1.54) is 38.1 Å². The molecular formula is C19H26N4O8. The van der Waals surface area contributed by atoms with E-state index < -0.39 is 60.2 Å². The maximum atomic E-state index is 12.6. The molecule has 12 heteroatoms. The van der Waals surface area contributed by atoms with Gasteiger partial charge in [-0.05, 0) is 31.5 Å². The topological polar surface area (TPSA) is 208 Å². The third kappa shape index (κ3) is 8.70. The summed E-state index contributed by atoms with van der Waals surface area (Å²) in [6.45, 7) is 2.58. The number of benzene rings is 1. The lowest BCUT2D eigenvalue weighted by Gasteiger charge is -2.24. The van der Waals surface area contributed by atoms with Gasteiger partial charge in [-0.15, -0.1) is 0 Å². The lowest BCUT2D eigenvalue weighted by molar-refractivity contribution is -0.143. The minimum Gasteiger partial charge on any atom is -0.508 e. The summed E-state index contributed by atoms with van der Waals surface area (Å²) in [5.74, 6) is -5.24. The van der Waals surface area contributed by atoms with E-state index in [1.807, 2.05) is 0 Å². The molecule has 0 aliphatic rings. The smallest absolute Gasteiger partial charge is 0.325 e. The molecule has 0 saturated heterocycles. The van der Waals surface area contributed by atoms with E-state index in [2.05, 4.69) is 16.0 Å². The minimum absolute atomic E-state index is 0.0200. The molecule has 0 heterocycles. The first-order valence-electron chi connectivity index (χ1n) is 9.30. The first kappa shape index (κ1) is 25.4. The molecule has 31 heavy (non-hydrogen) atoms. The summed E-state index contributed by atoms with van der Waals surface area (Å²) in [6.07, 6.45) is -0.853. The van der Waals surface area contributed by atoms with Crippen LogP contribution in [0.15, 0.2) is 24.3 Å². The number of aromatic hydroxyl groups is 1. The van der Waals surface area contributed by atoms with Gasteiger partial charge in [0.2, 0.25) is 17.7 Å². The van der Waals surface area contributed by atoms with Crippen molar-refractivity contribution in [2.24, 2.45) is 5.73 Å². The average molecular weight is 438 g/mol. The standard InChI is InChI=1S/C19H26N4O8/c1-9(20)16(27)22-14(8-15(25)26)18(29)23-13(17(28)21-10(2)19(30)31)7-11-3-5-12(24)6-4-11/h3-6,9-10,13-14,24H,7-8,20H2,1-2H3,(H,21,28)(H,22,27)(H,23,29)(H,25,26)(H,30,31). The molecule has 0 fully saturated rings. The van der Waals surface area contributed by atoms with Crippen molar-refractivity contribution in [2.45, 2.75) is 50.9 Å². The molecule has 12 nitrogen and oxygen atoms in total. The maximum Gasteiger partial charge on any atom is 0.325 e. The molecule has 0 radical (unpaired) electrons. The molecule has 0 spiro atoms. The summed E-state index contributed by atoms with van der Waals surface area (Å²) in [7, 11) is 0. The van der Waals surface area contributed by atoms with Crippen LogP contribution in [0.25, 0.3) is 0 Å². The number of carbonyl (C=O) groups excluding carboxylic acids is 3. The zero-order valence-electron chi connectivity index (χ0n) is 17.0. The van der Waals surface area contributed by atoms with E-state index in [4.69, 9.17) is 15.9 Å².